The first-order valence-electron chi connectivity index (χ1n) is 30.3. The summed E-state index contributed by atoms with van der Waals surface area (Å²) in [6, 6.07) is -5.08. The van der Waals surface area contributed by atoms with Crippen LogP contribution in [-0.4, -0.2) is 179 Å². The van der Waals surface area contributed by atoms with E-state index in [2.05, 4.69) is 58.5 Å². The lowest BCUT2D eigenvalue weighted by Crippen LogP contribution is -2.63. The molecular weight excluding hydrogens is 1120 g/mol. The molecule has 1 saturated heterocycles. The first kappa shape index (κ1) is 73.4. The van der Waals surface area contributed by atoms with E-state index in [0.29, 0.717) is 32.1 Å². The largest absolute Gasteiger partial charge is 0.459 e. The van der Waals surface area contributed by atoms with E-state index in [9.17, 15) is 68.1 Å². The van der Waals surface area contributed by atoms with E-state index in [1.54, 1.807) is 55.5 Å². The Morgan fingerprint density at radius 1 is 0.628 bits per heavy atom. The summed E-state index contributed by atoms with van der Waals surface area (Å²) in [6.45, 7) is 14.5. The second-order valence-corrected chi connectivity index (χ2v) is 23.2. The Bertz CT molecular complexity index is 2440. The third kappa shape index (κ3) is 22.8. The number of carbonyl (C=O) groups is 11. The van der Waals surface area contributed by atoms with Gasteiger partial charge in [0.25, 0.3) is 0 Å². The van der Waals surface area contributed by atoms with Crippen LogP contribution in [0.4, 0.5) is 0 Å². The summed E-state index contributed by atoms with van der Waals surface area (Å²) in [5.74, 6) is -11.5. The van der Waals surface area contributed by atoms with E-state index in [1.807, 2.05) is 37.3 Å². The minimum atomic E-state index is -1.78. The number of benzene rings is 1. The number of likely N-dealkylation sites (N-methyl/N-ethyl adjacent to an activating group) is 1. The van der Waals surface area contributed by atoms with Gasteiger partial charge in [0, 0.05) is 6.42 Å². The Morgan fingerprint density at radius 3 is 1.58 bits per heavy atom. The van der Waals surface area contributed by atoms with Gasteiger partial charge < -0.3 is 79.0 Å². The monoisotopic (exact) mass is 1210 g/mol. The predicted molar refractivity (Wildman–Crippen MR) is 317 cm³/mol. The van der Waals surface area contributed by atoms with Crippen LogP contribution in [0, 0.1) is 29.6 Å². The average Bonchev–Trinajstić information content (AvgIpc) is 3.12. The number of hydrogen-bond acceptors (Lipinski definition) is 17. The quantitative estimate of drug-likeness (QED) is 0.0340. The molecule has 0 aromatic heterocycles. The molecule has 1 aromatic carbocycles. The number of esters is 1. The van der Waals surface area contributed by atoms with Crippen molar-refractivity contribution < 1.29 is 72.8 Å². The number of hydrogen-bond donors (Lipinski definition) is 15. The fourth-order valence-corrected chi connectivity index (χ4v) is 9.59. The third-order valence-electron chi connectivity index (χ3n) is 16.5. The molecule has 1 heterocycles. The SMILES string of the molecule is CC[C@@H](C)[C@@H](NC(=O)[C@@H](CCC(N)=O)NC(=O)[C@H](CO)NC(=O)[C@@H](NC(=O)[C@@H](CCc1ccccc1)NC)[C@@H](C)CC)C(=O)N[C@H](C(=O)N[C@@H](CO)C(=O)N[C@H]1C(=O)N[C@@H](C)C(=O)N[C@@H](CC2CC2)C(O)N[C@@H]([C@@H](C)CC)C(=O)O[C@H]1C)[C@@H](C)CC. The summed E-state index contributed by atoms with van der Waals surface area (Å²) in [6.07, 6.45) is 0.996. The lowest BCUT2D eigenvalue weighted by Gasteiger charge is -2.32. The van der Waals surface area contributed by atoms with Crippen molar-refractivity contribution in [2.24, 2.45) is 35.3 Å². The van der Waals surface area contributed by atoms with Gasteiger partial charge in [0.2, 0.25) is 59.1 Å². The van der Waals surface area contributed by atoms with Crippen LogP contribution in [0.15, 0.2) is 30.3 Å². The highest BCUT2D eigenvalue weighted by Crippen LogP contribution is 2.34. The zero-order valence-corrected chi connectivity index (χ0v) is 51.8. The Labute approximate surface area is 504 Å². The van der Waals surface area contributed by atoms with Gasteiger partial charge in [0.15, 0.2) is 0 Å². The lowest BCUT2D eigenvalue weighted by molar-refractivity contribution is -0.157. The molecule has 17 atom stereocenters. The maximum Gasteiger partial charge on any atom is 0.323 e. The highest BCUT2D eigenvalue weighted by molar-refractivity contribution is 5.99. The number of carbonyl (C=O) groups excluding carboxylic acids is 11. The van der Waals surface area contributed by atoms with E-state index >= 15 is 0 Å². The molecule has 3 rings (SSSR count). The molecule has 1 saturated carbocycles. The van der Waals surface area contributed by atoms with Gasteiger partial charge in [-0.05, 0) is 81.7 Å². The molecule has 484 valence electrons. The minimum Gasteiger partial charge on any atom is -0.459 e. The number of aryl methyl sites for hydroxylation is 1. The first-order chi connectivity index (χ1) is 40.7. The predicted octanol–water partition coefficient (Wildman–Crippen LogP) is -1.95. The number of rotatable bonds is 33. The summed E-state index contributed by atoms with van der Waals surface area (Å²) >= 11 is 0. The molecule has 1 aliphatic carbocycles. The smallest absolute Gasteiger partial charge is 0.323 e. The maximum absolute atomic E-state index is 14.4. The topological polar surface area (TPSA) is 416 Å². The second kappa shape index (κ2) is 36.4. The third-order valence-corrected chi connectivity index (χ3v) is 16.5. The van der Waals surface area contributed by atoms with Crippen LogP contribution in [-0.2, 0) is 63.9 Å². The number of nitrogens with two attached hydrogens (primary N) is 1. The zero-order chi connectivity index (χ0) is 64.5. The number of primary amides is 1. The number of aliphatic hydroxyl groups excluding tert-OH is 3. The van der Waals surface area contributed by atoms with Crippen molar-refractivity contribution in [1.82, 2.24) is 58.5 Å². The first-order valence-corrected chi connectivity index (χ1v) is 30.3. The van der Waals surface area contributed by atoms with Gasteiger partial charge in [-0.25, -0.2) is 0 Å². The van der Waals surface area contributed by atoms with Crippen LogP contribution >= 0.6 is 0 Å². The molecule has 0 spiro atoms. The number of amides is 10. The van der Waals surface area contributed by atoms with Gasteiger partial charge in [0.05, 0.1) is 25.3 Å². The highest BCUT2D eigenvalue weighted by Gasteiger charge is 2.42. The Kier molecular flexibility index (Phi) is 31.1. The normalized spacial score (nSPS) is 23.2. The molecule has 27 nitrogen and oxygen atoms in total. The van der Waals surface area contributed by atoms with Crippen LogP contribution in [0.25, 0.3) is 0 Å². The van der Waals surface area contributed by atoms with Crippen molar-refractivity contribution in [3.8, 4) is 0 Å². The molecule has 16 N–H and O–H groups in total. The molecule has 10 amide bonds. The van der Waals surface area contributed by atoms with E-state index in [0.717, 1.165) is 18.4 Å². The van der Waals surface area contributed by atoms with Crippen LogP contribution in [0.3, 0.4) is 0 Å². The van der Waals surface area contributed by atoms with Crippen LogP contribution in [0.1, 0.15) is 139 Å². The number of cyclic esters (lactones) is 1. The van der Waals surface area contributed by atoms with Crippen molar-refractivity contribution in [3.05, 3.63) is 35.9 Å². The lowest BCUT2D eigenvalue weighted by atomic mass is 9.94. The highest BCUT2D eigenvalue weighted by atomic mass is 16.5. The van der Waals surface area contributed by atoms with Gasteiger partial charge in [-0.15, -0.1) is 0 Å². The summed E-state index contributed by atoms with van der Waals surface area (Å²) < 4.78 is 5.76. The molecule has 86 heavy (non-hydrogen) atoms. The van der Waals surface area contributed by atoms with Crippen molar-refractivity contribution in [2.45, 2.75) is 219 Å². The van der Waals surface area contributed by atoms with E-state index < -0.39 is 194 Å². The summed E-state index contributed by atoms with van der Waals surface area (Å²) in [7, 11) is 1.62. The van der Waals surface area contributed by atoms with E-state index in [1.165, 1.54) is 13.8 Å². The molecule has 1 aliphatic heterocycles. The van der Waals surface area contributed by atoms with Crippen molar-refractivity contribution in [2.75, 3.05) is 20.3 Å². The molecule has 0 radical (unpaired) electrons. The summed E-state index contributed by atoms with van der Waals surface area (Å²) in [5.41, 5.74) is 6.46. The van der Waals surface area contributed by atoms with Gasteiger partial charge in [-0.1, -0.05) is 124 Å². The van der Waals surface area contributed by atoms with Crippen LogP contribution in [0.5, 0.6) is 0 Å². The molecule has 2 aliphatic rings. The fraction of sp³-hybridized carbons (Fsp3) is 0.712. The fourth-order valence-electron chi connectivity index (χ4n) is 9.59. The number of ether oxygens (including phenoxy) is 1. The molecule has 1 aromatic rings. The van der Waals surface area contributed by atoms with Gasteiger partial charge in [-0.3, -0.25) is 58.1 Å². The Hall–Kier alpha value is -6.81. The average molecular weight is 1220 g/mol. The number of nitrogens with one attached hydrogen (secondary N) is 11. The van der Waals surface area contributed by atoms with E-state index in [4.69, 9.17) is 10.5 Å². The summed E-state index contributed by atoms with van der Waals surface area (Å²) in [5, 5.41) is 61.3. The zero-order valence-electron chi connectivity index (χ0n) is 51.8. The molecule has 1 unspecified atom stereocenters. The molecular formula is C59H98N12O15. The molecule has 27 heteroatoms. The maximum atomic E-state index is 14.4. The standard InChI is InChI=1S/C59H98N12O15/c1-12-30(5)44(67-50(76)38(61-11)24-23-36-19-17-16-18-20-36)55(81)65-41(28-72)53(79)63-39(25-26-43(60)74)51(77)68-46(32(7)14-3)57(83)69-45(31(6)13-2)56(82)66-42(29-73)54(80)71-48-35(10)86-59(85)47(33(8)15-4)70-52(78)40(27-37-21-22-37)64-49(75)34(9)62-58(48)84/h16-20,30-35,37-42,44-48,52,61,70,72-73,78H,12-15,21-29H2,1-11H3,(H2,60,74)(H,62,84)(H,63,79)(H,64,75)(H,65,81)(H,66,82)(H,67,76)(H,68,77)(H,69,83)(H,71,80)/t30-,31-,32+,33-,34-,35-,38+,39+,40-,41-,42-,44-,45-,46+,47-,48+,52?/m0/s1. The van der Waals surface area contributed by atoms with Gasteiger partial charge in [-0.2, -0.15) is 0 Å². The summed E-state index contributed by atoms with van der Waals surface area (Å²) in [4.78, 5) is 152. The van der Waals surface area contributed by atoms with E-state index in [-0.39, 0.29) is 18.8 Å². The minimum absolute atomic E-state index is 0.241. The van der Waals surface area contributed by atoms with Crippen LogP contribution in [0.2, 0.25) is 0 Å². The Morgan fingerprint density at radius 2 is 1.10 bits per heavy atom. The molecule has 2 fully saturated rings. The number of aliphatic hydroxyl groups is 3. The van der Waals surface area contributed by atoms with Crippen molar-refractivity contribution in [1.29, 1.82) is 0 Å². The Balaban J connectivity index is 1.83. The van der Waals surface area contributed by atoms with Crippen molar-refractivity contribution in [3.63, 3.8) is 0 Å². The van der Waals surface area contributed by atoms with Gasteiger partial charge in [0.1, 0.15) is 66.7 Å². The molecule has 0 bridgehead atoms. The second-order valence-electron chi connectivity index (χ2n) is 23.2. The van der Waals surface area contributed by atoms with Crippen LogP contribution < -0.4 is 64.2 Å². The van der Waals surface area contributed by atoms with Gasteiger partial charge >= 0.3 is 5.97 Å². The van der Waals surface area contributed by atoms with Crippen molar-refractivity contribution >= 4 is 65.0 Å².